The minimum absolute atomic E-state index is 0.124. The Bertz CT molecular complexity index is 581. The maximum atomic E-state index is 13.7. The van der Waals surface area contributed by atoms with E-state index in [2.05, 4.69) is 0 Å². The molecule has 0 spiro atoms. The monoisotopic (exact) mass is 257 g/mol. The van der Waals surface area contributed by atoms with Gasteiger partial charge in [0.2, 0.25) is 0 Å². The number of halogens is 1. The van der Waals surface area contributed by atoms with E-state index >= 15 is 0 Å². The third-order valence-electron chi connectivity index (χ3n) is 2.96. The van der Waals surface area contributed by atoms with Gasteiger partial charge >= 0.3 is 0 Å². The molecule has 2 rings (SSSR count). The molecule has 2 aromatic rings. The van der Waals surface area contributed by atoms with Crippen molar-refractivity contribution in [3.05, 3.63) is 71.0 Å². The van der Waals surface area contributed by atoms with Crippen LogP contribution in [-0.4, -0.2) is 17.9 Å². The van der Waals surface area contributed by atoms with Crippen molar-refractivity contribution in [2.45, 2.75) is 13.5 Å². The molecule has 3 heteroatoms. The summed E-state index contributed by atoms with van der Waals surface area (Å²) in [5, 5.41) is 0. The van der Waals surface area contributed by atoms with E-state index in [-0.39, 0.29) is 11.5 Å². The van der Waals surface area contributed by atoms with Gasteiger partial charge in [-0.05, 0) is 24.6 Å². The second kappa shape index (κ2) is 5.65. The van der Waals surface area contributed by atoms with E-state index in [9.17, 15) is 9.18 Å². The fourth-order valence-corrected chi connectivity index (χ4v) is 1.94. The van der Waals surface area contributed by atoms with Crippen LogP contribution < -0.4 is 0 Å². The predicted molar refractivity (Wildman–Crippen MR) is 73.4 cm³/mol. The molecule has 0 radical (unpaired) electrons. The third-order valence-corrected chi connectivity index (χ3v) is 2.96. The molecular formula is C16H16FNO. The summed E-state index contributed by atoms with van der Waals surface area (Å²) in [7, 11) is 1.68. The summed E-state index contributed by atoms with van der Waals surface area (Å²) in [6.45, 7) is 2.31. The number of carbonyl (C=O) groups excluding carboxylic acids is 1. The quantitative estimate of drug-likeness (QED) is 0.825. The third kappa shape index (κ3) is 3.19. The zero-order valence-corrected chi connectivity index (χ0v) is 11.1. The van der Waals surface area contributed by atoms with Crippen molar-refractivity contribution in [2.75, 3.05) is 7.05 Å². The van der Waals surface area contributed by atoms with Crippen LogP contribution in [0.1, 0.15) is 21.5 Å². The Labute approximate surface area is 112 Å². The standard InChI is InChI=1S/C16H16FNO/c1-12-8-9-15(17)14(10-12)16(19)18(2)11-13-6-4-3-5-7-13/h3-10H,11H2,1-2H3. The number of aryl methyl sites for hydroxylation is 1. The van der Waals surface area contributed by atoms with Gasteiger partial charge in [-0.2, -0.15) is 0 Å². The molecule has 1 amide bonds. The molecule has 2 aromatic carbocycles. The number of benzene rings is 2. The van der Waals surface area contributed by atoms with Gasteiger partial charge in [0.1, 0.15) is 5.82 Å². The number of hydrogen-bond donors (Lipinski definition) is 0. The van der Waals surface area contributed by atoms with Crippen molar-refractivity contribution in [1.82, 2.24) is 4.90 Å². The Morgan fingerprint density at radius 1 is 1.16 bits per heavy atom. The number of carbonyl (C=O) groups is 1. The minimum Gasteiger partial charge on any atom is -0.337 e. The molecule has 0 heterocycles. The fourth-order valence-electron chi connectivity index (χ4n) is 1.94. The number of rotatable bonds is 3. The van der Waals surface area contributed by atoms with Gasteiger partial charge in [-0.25, -0.2) is 4.39 Å². The summed E-state index contributed by atoms with van der Waals surface area (Å²) in [5.74, 6) is -0.777. The average molecular weight is 257 g/mol. The van der Waals surface area contributed by atoms with E-state index in [1.165, 1.54) is 11.0 Å². The Morgan fingerprint density at radius 2 is 1.84 bits per heavy atom. The van der Waals surface area contributed by atoms with Crippen LogP contribution in [0.25, 0.3) is 0 Å². The lowest BCUT2D eigenvalue weighted by Gasteiger charge is -2.18. The Morgan fingerprint density at radius 3 is 2.53 bits per heavy atom. The minimum atomic E-state index is -0.476. The highest BCUT2D eigenvalue weighted by molar-refractivity contribution is 5.94. The van der Waals surface area contributed by atoms with Gasteiger partial charge in [-0.3, -0.25) is 4.79 Å². The lowest BCUT2D eigenvalue weighted by molar-refractivity contribution is 0.0780. The molecule has 0 fully saturated rings. The van der Waals surface area contributed by atoms with E-state index in [0.717, 1.165) is 11.1 Å². The van der Waals surface area contributed by atoms with Crippen molar-refractivity contribution in [3.63, 3.8) is 0 Å². The molecule has 0 bridgehead atoms. The van der Waals surface area contributed by atoms with E-state index in [0.29, 0.717) is 6.54 Å². The fraction of sp³-hybridized carbons (Fsp3) is 0.188. The highest BCUT2D eigenvalue weighted by Crippen LogP contribution is 2.13. The van der Waals surface area contributed by atoms with Crippen molar-refractivity contribution in [2.24, 2.45) is 0 Å². The average Bonchev–Trinajstić information content (AvgIpc) is 2.42. The molecule has 98 valence electrons. The summed E-state index contributed by atoms with van der Waals surface area (Å²) >= 11 is 0. The topological polar surface area (TPSA) is 20.3 Å². The number of hydrogen-bond acceptors (Lipinski definition) is 1. The highest BCUT2D eigenvalue weighted by atomic mass is 19.1. The maximum absolute atomic E-state index is 13.7. The first kappa shape index (κ1) is 13.3. The second-order valence-electron chi connectivity index (χ2n) is 4.63. The molecule has 0 aliphatic carbocycles. The van der Waals surface area contributed by atoms with Gasteiger partial charge in [-0.15, -0.1) is 0 Å². The predicted octanol–water partition coefficient (Wildman–Crippen LogP) is 3.41. The van der Waals surface area contributed by atoms with Crippen molar-refractivity contribution in [3.8, 4) is 0 Å². The Hall–Kier alpha value is -2.16. The van der Waals surface area contributed by atoms with Crippen LogP contribution in [0.3, 0.4) is 0 Å². The van der Waals surface area contributed by atoms with Crippen LogP contribution in [0.15, 0.2) is 48.5 Å². The van der Waals surface area contributed by atoms with Crippen LogP contribution in [0.4, 0.5) is 4.39 Å². The lowest BCUT2D eigenvalue weighted by Crippen LogP contribution is -2.27. The molecule has 0 unspecified atom stereocenters. The SMILES string of the molecule is Cc1ccc(F)c(C(=O)N(C)Cc2ccccc2)c1. The first-order valence-electron chi connectivity index (χ1n) is 6.13. The highest BCUT2D eigenvalue weighted by Gasteiger charge is 2.16. The molecule has 0 aliphatic rings. The summed E-state index contributed by atoms with van der Waals surface area (Å²) in [6, 6.07) is 14.2. The summed E-state index contributed by atoms with van der Waals surface area (Å²) in [4.78, 5) is 13.7. The molecule has 0 aromatic heterocycles. The van der Waals surface area contributed by atoms with Crippen LogP contribution in [0.2, 0.25) is 0 Å². The number of amides is 1. The van der Waals surface area contributed by atoms with Crippen molar-refractivity contribution < 1.29 is 9.18 Å². The maximum Gasteiger partial charge on any atom is 0.256 e. The summed E-state index contributed by atoms with van der Waals surface area (Å²) in [5.41, 5.74) is 2.02. The molecule has 0 saturated heterocycles. The molecule has 19 heavy (non-hydrogen) atoms. The first-order chi connectivity index (χ1) is 9.08. The Kier molecular flexibility index (Phi) is 3.95. The molecule has 0 saturated carbocycles. The lowest BCUT2D eigenvalue weighted by atomic mass is 10.1. The zero-order valence-electron chi connectivity index (χ0n) is 11.1. The molecule has 0 aliphatic heterocycles. The van der Waals surface area contributed by atoms with E-state index in [1.54, 1.807) is 19.2 Å². The largest absolute Gasteiger partial charge is 0.337 e. The normalized spacial score (nSPS) is 10.3. The number of nitrogens with zero attached hydrogens (tertiary/aromatic N) is 1. The second-order valence-corrected chi connectivity index (χ2v) is 4.63. The summed E-state index contributed by atoms with van der Waals surface area (Å²) in [6.07, 6.45) is 0. The smallest absolute Gasteiger partial charge is 0.256 e. The van der Waals surface area contributed by atoms with E-state index in [4.69, 9.17) is 0 Å². The van der Waals surface area contributed by atoms with E-state index in [1.807, 2.05) is 37.3 Å². The Balaban J connectivity index is 2.17. The zero-order chi connectivity index (χ0) is 13.8. The first-order valence-corrected chi connectivity index (χ1v) is 6.13. The molecule has 2 nitrogen and oxygen atoms in total. The van der Waals surface area contributed by atoms with Gasteiger partial charge in [-0.1, -0.05) is 42.0 Å². The molecular weight excluding hydrogens is 241 g/mol. The molecule has 0 atom stereocenters. The van der Waals surface area contributed by atoms with Gasteiger partial charge in [0.05, 0.1) is 5.56 Å². The van der Waals surface area contributed by atoms with Crippen molar-refractivity contribution in [1.29, 1.82) is 0 Å². The molecule has 0 N–H and O–H groups in total. The van der Waals surface area contributed by atoms with Gasteiger partial charge in [0.25, 0.3) is 5.91 Å². The summed E-state index contributed by atoms with van der Waals surface area (Å²) < 4.78 is 13.7. The van der Waals surface area contributed by atoms with Crippen molar-refractivity contribution >= 4 is 5.91 Å². The van der Waals surface area contributed by atoms with Crippen LogP contribution in [0.5, 0.6) is 0 Å². The van der Waals surface area contributed by atoms with Gasteiger partial charge < -0.3 is 4.90 Å². The van der Waals surface area contributed by atoms with Crippen LogP contribution in [-0.2, 0) is 6.54 Å². The van der Waals surface area contributed by atoms with Gasteiger partial charge in [0, 0.05) is 13.6 Å². The van der Waals surface area contributed by atoms with E-state index < -0.39 is 5.82 Å². The van der Waals surface area contributed by atoms with Gasteiger partial charge in [0.15, 0.2) is 0 Å². The van der Waals surface area contributed by atoms with Crippen LogP contribution >= 0.6 is 0 Å². The van der Waals surface area contributed by atoms with Crippen LogP contribution in [0, 0.1) is 12.7 Å².